The Morgan fingerprint density at radius 1 is 1.25 bits per heavy atom. The van der Waals surface area contributed by atoms with E-state index in [4.69, 9.17) is 0 Å². The second-order valence-corrected chi connectivity index (χ2v) is 4.42. The van der Waals surface area contributed by atoms with Crippen LogP contribution in [-0.4, -0.2) is 11.0 Å². The molecule has 1 aliphatic carbocycles. The lowest BCUT2D eigenvalue weighted by atomic mass is 10.2. The summed E-state index contributed by atoms with van der Waals surface area (Å²) in [6.07, 6.45) is 14.4. The van der Waals surface area contributed by atoms with Gasteiger partial charge in [-0.15, -0.1) is 0 Å². The molecule has 0 atom stereocenters. The second-order valence-electron chi connectivity index (χ2n) is 3.13. The van der Waals surface area contributed by atoms with Crippen LogP contribution in [-0.2, 0) is 0 Å². The van der Waals surface area contributed by atoms with Crippen LogP contribution in [0.3, 0.4) is 0 Å². The van der Waals surface area contributed by atoms with Gasteiger partial charge < -0.3 is 0 Å². The van der Waals surface area contributed by atoms with Gasteiger partial charge in [0, 0.05) is 5.25 Å². The summed E-state index contributed by atoms with van der Waals surface area (Å²) in [5.41, 5.74) is 0. The minimum atomic E-state index is 0.663. The van der Waals surface area contributed by atoms with E-state index >= 15 is 0 Å². The number of hydrogen-bond donors (Lipinski definition) is 0. The van der Waals surface area contributed by atoms with Crippen molar-refractivity contribution in [2.24, 2.45) is 0 Å². The maximum atomic E-state index is 2.32. The molecule has 0 aromatic carbocycles. The first-order chi connectivity index (χ1) is 5.93. The predicted octanol–water partition coefficient (Wildman–Crippen LogP) is 3.79. The molecule has 0 heterocycles. The average Bonchev–Trinajstić information content (AvgIpc) is 2.14. The van der Waals surface area contributed by atoms with E-state index in [-0.39, 0.29) is 0 Å². The molecule has 1 heteroatoms. The molecule has 1 rings (SSSR count). The van der Waals surface area contributed by atoms with E-state index in [1.807, 2.05) is 0 Å². The Morgan fingerprint density at radius 2 is 2.00 bits per heavy atom. The van der Waals surface area contributed by atoms with Gasteiger partial charge in [0.2, 0.25) is 0 Å². The van der Waals surface area contributed by atoms with Crippen molar-refractivity contribution in [3.63, 3.8) is 0 Å². The molecule has 1 aliphatic rings. The summed E-state index contributed by atoms with van der Waals surface area (Å²) < 4.78 is 0. The van der Waals surface area contributed by atoms with Gasteiger partial charge >= 0.3 is 0 Å². The smallest absolute Gasteiger partial charge is 0.0407 e. The molecule has 0 saturated heterocycles. The number of rotatable bonds is 5. The van der Waals surface area contributed by atoms with Gasteiger partial charge in [0.05, 0.1) is 0 Å². The molecule has 0 bridgehead atoms. The van der Waals surface area contributed by atoms with Crippen molar-refractivity contribution in [1.82, 2.24) is 0 Å². The summed E-state index contributed by atoms with van der Waals surface area (Å²) >= 11 is 2.06. The van der Waals surface area contributed by atoms with Crippen LogP contribution >= 0.6 is 11.8 Å². The summed E-state index contributed by atoms with van der Waals surface area (Å²) in [7, 11) is 0. The van der Waals surface area contributed by atoms with Crippen LogP contribution in [0.25, 0.3) is 0 Å². The molecule has 0 aromatic heterocycles. The first-order valence-corrected chi connectivity index (χ1v) is 5.93. The van der Waals surface area contributed by atoms with E-state index in [0.29, 0.717) is 5.25 Å². The molecule has 0 N–H and O–H groups in total. The van der Waals surface area contributed by atoms with E-state index in [1.54, 1.807) is 0 Å². The molecule has 0 aromatic rings. The van der Waals surface area contributed by atoms with Gasteiger partial charge in [-0.05, 0) is 18.6 Å². The lowest BCUT2D eigenvalue weighted by molar-refractivity contribution is 0.778. The van der Waals surface area contributed by atoms with E-state index < -0.39 is 0 Å². The molecule has 0 saturated carbocycles. The standard InChI is InChI=1S/C11H18S/c1-2-3-7-10-12-11-8-5-4-6-9-11/h5-6,8-9,11H,2-4,7,10H2,1H3. The molecule has 0 amide bonds. The molecule has 0 nitrogen and oxygen atoms in total. The fourth-order valence-electron chi connectivity index (χ4n) is 1.25. The van der Waals surface area contributed by atoms with E-state index in [2.05, 4.69) is 43.0 Å². The Bertz CT molecular complexity index is 146. The lowest BCUT2D eigenvalue weighted by Crippen LogP contribution is -1.97. The average molecular weight is 182 g/mol. The Kier molecular flexibility index (Phi) is 5.25. The van der Waals surface area contributed by atoms with Gasteiger partial charge in [-0.1, -0.05) is 44.1 Å². The van der Waals surface area contributed by atoms with Crippen LogP contribution in [0.4, 0.5) is 0 Å². The monoisotopic (exact) mass is 182 g/mol. The van der Waals surface area contributed by atoms with Gasteiger partial charge in [-0.2, -0.15) is 11.8 Å². The fraction of sp³-hybridized carbons (Fsp3) is 0.636. The highest BCUT2D eigenvalue weighted by atomic mass is 32.2. The second kappa shape index (κ2) is 6.36. The van der Waals surface area contributed by atoms with Gasteiger partial charge in [-0.3, -0.25) is 0 Å². The first-order valence-electron chi connectivity index (χ1n) is 4.88. The number of allylic oxidation sites excluding steroid dienone is 2. The van der Waals surface area contributed by atoms with Gasteiger partial charge in [0.1, 0.15) is 0 Å². The minimum absolute atomic E-state index is 0.663. The maximum absolute atomic E-state index is 2.32. The summed E-state index contributed by atoms with van der Waals surface area (Å²) in [6, 6.07) is 0. The summed E-state index contributed by atoms with van der Waals surface area (Å²) in [5.74, 6) is 1.31. The fourth-order valence-corrected chi connectivity index (χ4v) is 2.34. The number of hydrogen-bond acceptors (Lipinski definition) is 1. The Morgan fingerprint density at radius 3 is 2.67 bits per heavy atom. The van der Waals surface area contributed by atoms with E-state index in [1.165, 1.54) is 25.0 Å². The first kappa shape index (κ1) is 9.91. The zero-order valence-corrected chi connectivity index (χ0v) is 8.65. The van der Waals surface area contributed by atoms with Crippen molar-refractivity contribution in [3.05, 3.63) is 24.3 Å². The van der Waals surface area contributed by atoms with Crippen molar-refractivity contribution in [3.8, 4) is 0 Å². The summed E-state index contributed by atoms with van der Waals surface area (Å²) in [5, 5.41) is 0.663. The van der Waals surface area contributed by atoms with Crippen molar-refractivity contribution in [2.45, 2.75) is 37.9 Å². The van der Waals surface area contributed by atoms with E-state index in [0.717, 1.165) is 6.42 Å². The zero-order chi connectivity index (χ0) is 8.65. The highest BCUT2D eigenvalue weighted by molar-refractivity contribution is 8.00. The van der Waals surface area contributed by atoms with Crippen LogP contribution < -0.4 is 0 Å². The highest BCUT2D eigenvalue weighted by Crippen LogP contribution is 2.19. The molecule has 0 radical (unpaired) electrons. The van der Waals surface area contributed by atoms with Crippen molar-refractivity contribution < 1.29 is 0 Å². The molecular weight excluding hydrogens is 164 g/mol. The van der Waals surface area contributed by atoms with Crippen molar-refractivity contribution in [1.29, 1.82) is 0 Å². The normalized spacial score (nSPS) is 17.1. The van der Waals surface area contributed by atoms with Crippen LogP contribution in [0.15, 0.2) is 24.3 Å². The highest BCUT2D eigenvalue weighted by Gasteiger charge is 2.01. The van der Waals surface area contributed by atoms with E-state index in [9.17, 15) is 0 Å². The maximum Gasteiger partial charge on any atom is 0.0407 e. The third-order valence-corrected chi connectivity index (χ3v) is 3.21. The Labute approximate surface area is 80.1 Å². The largest absolute Gasteiger partial charge is 0.150 e. The molecule has 12 heavy (non-hydrogen) atoms. The summed E-state index contributed by atoms with van der Waals surface area (Å²) in [6.45, 7) is 2.26. The number of unbranched alkanes of at least 4 members (excludes halogenated alkanes) is 2. The lowest BCUT2D eigenvalue weighted by Gasteiger charge is -2.09. The third-order valence-electron chi connectivity index (χ3n) is 1.98. The summed E-state index contributed by atoms with van der Waals surface area (Å²) in [4.78, 5) is 0. The molecule has 0 spiro atoms. The molecule has 0 fully saturated rings. The van der Waals surface area contributed by atoms with Gasteiger partial charge in [-0.25, -0.2) is 0 Å². The van der Waals surface area contributed by atoms with Crippen molar-refractivity contribution in [2.75, 3.05) is 5.75 Å². The SMILES string of the molecule is CCCCCSC1C=CCC=C1. The Hall–Kier alpha value is -0.170. The van der Waals surface area contributed by atoms with Crippen molar-refractivity contribution >= 4 is 11.8 Å². The van der Waals surface area contributed by atoms with Crippen LogP contribution in [0, 0.1) is 0 Å². The minimum Gasteiger partial charge on any atom is -0.150 e. The predicted molar refractivity (Wildman–Crippen MR) is 58.7 cm³/mol. The number of thioether (sulfide) groups is 1. The molecular formula is C11H18S. The topological polar surface area (TPSA) is 0 Å². The van der Waals surface area contributed by atoms with Crippen LogP contribution in [0.5, 0.6) is 0 Å². The third kappa shape index (κ3) is 4.01. The quantitative estimate of drug-likeness (QED) is 0.460. The molecule has 68 valence electrons. The van der Waals surface area contributed by atoms with Crippen LogP contribution in [0.1, 0.15) is 32.6 Å². The molecule has 0 unspecified atom stereocenters. The van der Waals surface area contributed by atoms with Crippen LogP contribution in [0.2, 0.25) is 0 Å². The van der Waals surface area contributed by atoms with Gasteiger partial charge in [0.25, 0.3) is 0 Å². The molecule has 0 aliphatic heterocycles. The Balaban J connectivity index is 2.02. The zero-order valence-electron chi connectivity index (χ0n) is 7.83. The van der Waals surface area contributed by atoms with Gasteiger partial charge in [0.15, 0.2) is 0 Å².